The highest BCUT2D eigenvalue weighted by atomic mass is 16.1. The van der Waals surface area contributed by atoms with Gasteiger partial charge in [-0.2, -0.15) is 0 Å². The molecule has 0 bridgehead atoms. The summed E-state index contributed by atoms with van der Waals surface area (Å²) in [6.45, 7) is 0. The molecule has 0 amide bonds. The second-order valence-electron chi connectivity index (χ2n) is 5.47. The Morgan fingerprint density at radius 1 is 0.500 bits per heavy atom. The number of ketones is 2. The zero-order valence-electron chi connectivity index (χ0n) is 13.9. The molecule has 0 saturated carbocycles. The Labute approximate surface area is 152 Å². The van der Waals surface area contributed by atoms with Gasteiger partial charge in [0.15, 0.2) is 0 Å². The molecule has 0 fully saturated rings. The van der Waals surface area contributed by atoms with Crippen molar-refractivity contribution in [2.45, 2.75) is 0 Å². The maximum Gasteiger partial charge on any atom is 0.236 e. The lowest BCUT2D eigenvalue weighted by molar-refractivity contribution is 0.104. The van der Waals surface area contributed by atoms with Crippen LogP contribution in [0.4, 0.5) is 0 Å². The fourth-order valence-electron chi connectivity index (χ4n) is 2.22. The van der Waals surface area contributed by atoms with Crippen LogP contribution in [-0.4, -0.2) is 11.6 Å². The molecule has 0 aliphatic heterocycles. The van der Waals surface area contributed by atoms with Crippen LogP contribution >= 0.6 is 0 Å². The molecule has 0 aliphatic carbocycles. The van der Waals surface area contributed by atoms with Crippen LogP contribution in [0.1, 0.15) is 31.8 Å². The molecule has 0 spiro atoms. The monoisotopic (exact) mass is 334 g/mol. The molecule has 3 rings (SSSR count). The van der Waals surface area contributed by atoms with Gasteiger partial charge in [0.1, 0.15) is 0 Å². The van der Waals surface area contributed by atoms with E-state index in [-0.39, 0.29) is 11.6 Å². The van der Waals surface area contributed by atoms with Gasteiger partial charge in [-0.1, -0.05) is 72.5 Å². The van der Waals surface area contributed by atoms with E-state index in [1.807, 2.05) is 12.1 Å². The van der Waals surface area contributed by atoms with Crippen molar-refractivity contribution in [2.75, 3.05) is 0 Å². The standard InChI is InChI=1S/C24H14O2/c25-23(21-7-3-1-4-8-21)17-15-19-11-13-20(14-12-19)16-18-24(26)22-9-5-2-6-10-22/h1-14H. The normalized spacial score (nSPS) is 9.23. The Balaban J connectivity index is 1.69. The Morgan fingerprint density at radius 2 is 0.846 bits per heavy atom. The SMILES string of the molecule is O=C(C#Cc1ccc(C#CC(=O)c2ccccc2)cc1)c1ccccc1. The summed E-state index contributed by atoms with van der Waals surface area (Å²) in [7, 11) is 0. The van der Waals surface area contributed by atoms with Gasteiger partial charge in [-0.25, -0.2) is 0 Å². The van der Waals surface area contributed by atoms with Gasteiger partial charge in [-0.3, -0.25) is 9.59 Å². The van der Waals surface area contributed by atoms with E-state index in [9.17, 15) is 9.59 Å². The molecular formula is C24H14O2. The molecule has 0 N–H and O–H groups in total. The minimum absolute atomic E-state index is 0.220. The summed E-state index contributed by atoms with van der Waals surface area (Å²) in [5, 5.41) is 0. The van der Waals surface area contributed by atoms with Gasteiger partial charge in [-0.15, -0.1) is 0 Å². The molecule has 0 saturated heterocycles. The van der Waals surface area contributed by atoms with Crippen molar-refractivity contribution in [3.05, 3.63) is 107 Å². The van der Waals surface area contributed by atoms with E-state index >= 15 is 0 Å². The molecule has 0 heterocycles. The van der Waals surface area contributed by atoms with Crippen molar-refractivity contribution in [1.82, 2.24) is 0 Å². The topological polar surface area (TPSA) is 34.1 Å². The second-order valence-corrected chi connectivity index (χ2v) is 5.47. The van der Waals surface area contributed by atoms with Crippen LogP contribution in [0.15, 0.2) is 84.9 Å². The minimum atomic E-state index is -0.220. The molecule has 0 aliphatic rings. The summed E-state index contributed by atoms with van der Waals surface area (Å²) in [4.78, 5) is 23.9. The van der Waals surface area contributed by atoms with Crippen molar-refractivity contribution in [3.8, 4) is 23.7 Å². The van der Waals surface area contributed by atoms with E-state index < -0.39 is 0 Å². The molecule has 122 valence electrons. The number of benzene rings is 3. The first-order chi connectivity index (χ1) is 12.7. The Kier molecular flexibility index (Phi) is 5.41. The Hall–Kier alpha value is -3.88. The van der Waals surface area contributed by atoms with Crippen molar-refractivity contribution in [1.29, 1.82) is 0 Å². The quantitative estimate of drug-likeness (QED) is 0.521. The Morgan fingerprint density at radius 3 is 1.19 bits per heavy atom. The molecule has 26 heavy (non-hydrogen) atoms. The number of Topliss-reactive ketones (excluding diaryl/α,β-unsaturated/α-hetero) is 2. The van der Waals surface area contributed by atoms with E-state index in [4.69, 9.17) is 0 Å². The lowest BCUT2D eigenvalue weighted by Crippen LogP contribution is -1.94. The van der Waals surface area contributed by atoms with Crippen LogP contribution in [0.2, 0.25) is 0 Å². The van der Waals surface area contributed by atoms with E-state index in [1.165, 1.54) is 0 Å². The molecule has 0 radical (unpaired) electrons. The molecule has 3 aromatic carbocycles. The van der Waals surface area contributed by atoms with E-state index in [2.05, 4.69) is 23.7 Å². The lowest BCUT2D eigenvalue weighted by atomic mass is 10.1. The first-order valence-electron chi connectivity index (χ1n) is 8.05. The smallest absolute Gasteiger partial charge is 0.236 e. The maximum absolute atomic E-state index is 12.0. The summed E-state index contributed by atoms with van der Waals surface area (Å²) in [6, 6.07) is 25.0. The molecule has 0 atom stereocenters. The summed E-state index contributed by atoms with van der Waals surface area (Å²) in [6.07, 6.45) is 0. The van der Waals surface area contributed by atoms with Crippen molar-refractivity contribution in [2.24, 2.45) is 0 Å². The zero-order valence-corrected chi connectivity index (χ0v) is 13.9. The first-order valence-corrected chi connectivity index (χ1v) is 8.05. The van der Waals surface area contributed by atoms with Crippen molar-refractivity contribution >= 4 is 11.6 Å². The fraction of sp³-hybridized carbons (Fsp3) is 0. The average Bonchev–Trinajstić information content (AvgIpc) is 2.72. The third-order valence-corrected chi connectivity index (χ3v) is 3.60. The van der Waals surface area contributed by atoms with Gasteiger partial charge in [-0.05, 0) is 36.1 Å². The lowest BCUT2D eigenvalue weighted by Gasteiger charge is -1.93. The summed E-state index contributed by atoms with van der Waals surface area (Å²) in [5.41, 5.74) is 2.58. The van der Waals surface area contributed by atoms with Gasteiger partial charge in [0.05, 0.1) is 0 Å². The largest absolute Gasteiger partial charge is 0.279 e. The maximum atomic E-state index is 12.0. The highest BCUT2D eigenvalue weighted by Gasteiger charge is 2.00. The summed E-state index contributed by atoms with van der Waals surface area (Å²) < 4.78 is 0. The molecular weight excluding hydrogens is 320 g/mol. The van der Waals surface area contributed by atoms with Crippen molar-refractivity contribution in [3.63, 3.8) is 0 Å². The van der Waals surface area contributed by atoms with Crippen LogP contribution in [-0.2, 0) is 0 Å². The third-order valence-electron chi connectivity index (χ3n) is 3.60. The molecule has 2 heteroatoms. The number of rotatable bonds is 2. The highest BCUT2D eigenvalue weighted by Crippen LogP contribution is 2.04. The number of hydrogen-bond acceptors (Lipinski definition) is 2. The highest BCUT2D eigenvalue weighted by molar-refractivity contribution is 6.09. The summed E-state index contributed by atoms with van der Waals surface area (Å²) in [5.74, 6) is 10.5. The average molecular weight is 334 g/mol. The molecule has 0 unspecified atom stereocenters. The predicted octanol–water partition coefficient (Wildman–Crippen LogP) is 4.16. The van der Waals surface area contributed by atoms with Crippen LogP contribution in [0.25, 0.3) is 0 Å². The minimum Gasteiger partial charge on any atom is -0.279 e. The van der Waals surface area contributed by atoms with Gasteiger partial charge in [0, 0.05) is 22.3 Å². The van der Waals surface area contributed by atoms with E-state index in [0.717, 1.165) is 0 Å². The second kappa shape index (κ2) is 8.29. The summed E-state index contributed by atoms with van der Waals surface area (Å²) >= 11 is 0. The van der Waals surface area contributed by atoms with Gasteiger partial charge >= 0.3 is 0 Å². The van der Waals surface area contributed by atoms with Gasteiger partial charge < -0.3 is 0 Å². The van der Waals surface area contributed by atoms with Crippen LogP contribution in [0, 0.1) is 23.7 Å². The first kappa shape index (κ1) is 17.0. The number of hydrogen-bond donors (Lipinski definition) is 0. The van der Waals surface area contributed by atoms with Gasteiger partial charge in [0.2, 0.25) is 11.6 Å². The molecule has 2 nitrogen and oxygen atoms in total. The van der Waals surface area contributed by atoms with Crippen LogP contribution in [0.5, 0.6) is 0 Å². The number of carbonyl (C=O) groups is 2. The van der Waals surface area contributed by atoms with E-state index in [0.29, 0.717) is 22.3 Å². The fourth-order valence-corrected chi connectivity index (χ4v) is 2.22. The number of carbonyl (C=O) groups excluding carboxylic acids is 2. The molecule has 0 aromatic heterocycles. The third kappa shape index (κ3) is 4.57. The van der Waals surface area contributed by atoms with E-state index in [1.54, 1.807) is 72.8 Å². The molecule has 3 aromatic rings. The van der Waals surface area contributed by atoms with Crippen molar-refractivity contribution < 1.29 is 9.59 Å². The van der Waals surface area contributed by atoms with Gasteiger partial charge in [0.25, 0.3) is 0 Å². The zero-order chi connectivity index (χ0) is 18.2. The predicted molar refractivity (Wildman–Crippen MR) is 102 cm³/mol. The Bertz CT molecular complexity index is 951. The van der Waals surface area contributed by atoms with Crippen LogP contribution < -0.4 is 0 Å². The van der Waals surface area contributed by atoms with Crippen LogP contribution in [0.3, 0.4) is 0 Å².